The fourth-order valence-electron chi connectivity index (χ4n) is 10.7. The predicted octanol–water partition coefficient (Wildman–Crippen LogP) is 24.8. The third-order valence-corrected chi connectivity index (χ3v) is 18.8. The van der Waals surface area contributed by atoms with Gasteiger partial charge in [0.05, 0.1) is 26.4 Å². The minimum absolute atomic E-state index is 0.0573. The van der Waals surface area contributed by atoms with Crippen LogP contribution in [-0.2, 0) is 55.8 Å². The van der Waals surface area contributed by atoms with Gasteiger partial charge in [0.15, 0.2) is 6.10 Å². The van der Waals surface area contributed by atoms with E-state index in [0.29, 0.717) is 19.3 Å². The maximum Gasteiger partial charge on any atom is 0.472 e. The lowest BCUT2D eigenvalue weighted by Crippen LogP contribution is -2.30. The Morgan fingerprint density at radius 3 is 0.794 bits per heavy atom. The molecule has 0 aliphatic rings. The third-order valence-electron chi connectivity index (χ3n) is 16.9. The molecule has 0 saturated heterocycles. The molecular formula is C89H148O16P2. The molecule has 0 radical (unpaired) electrons. The van der Waals surface area contributed by atoms with E-state index in [1.807, 2.05) is 0 Å². The molecule has 0 aromatic carbocycles. The summed E-state index contributed by atoms with van der Waals surface area (Å²) in [5.74, 6) is -1.63. The minimum atomic E-state index is -4.95. The van der Waals surface area contributed by atoms with Crippen LogP contribution >= 0.6 is 15.6 Å². The lowest BCUT2D eigenvalue weighted by atomic mass is 10.0. The summed E-state index contributed by atoms with van der Waals surface area (Å²) in [6, 6.07) is 0. The number of aliphatic hydroxyl groups excluding tert-OH is 2. The van der Waals surface area contributed by atoms with Crippen molar-refractivity contribution in [2.45, 2.75) is 334 Å². The number of hydrogen-bond donors (Lipinski definition) is 4. The summed E-state index contributed by atoms with van der Waals surface area (Å²) in [6.45, 7) is 2.38. The number of phosphoric ester groups is 2. The van der Waals surface area contributed by atoms with Crippen LogP contribution in [-0.4, -0.2) is 95.9 Å². The Hall–Kier alpha value is -5.09. The molecule has 0 amide bonds. The Kier molecular flexibility index (Phi) is 76.6. The molecule has 18 heteroatoms. The van der Waals surface area contributed by atoms with Crippen molar-refractivity contribution in [3.05, 3.63) is 170 Å². The Labute approximate surface area is 650 Å². The number of phosphoric acid groups is 2. The molecule has 0 heterocycles. The second-order valence-electron chi connectivity index (χ2n) is 27.2. The highest BCUT2D eigenvalue weighted by molar-refractivity contribution is 7.47. The number of aliphatic hydroxyl groups is 2. The Morgan fingerprint density at radius 2 is 0.495 bits per heavy atom. The topological polar surface area (TPSA) is 231 Å². The summed E-state index contributed by atoms with van der Waals surface area (Å²) in [6.07, 6.45) is 102. The number of hydrogen-bond acceptors (Lipinski definition) is 14. The van der Waals surface area contributed by atoms with Crippen molar-refractivity contribution in [2.75, 3.05) is 39.6 Å². The van der Waals surface area contributed by atoms with Crippen molar-refractivity contribution in [3.8, 4) is 0 Å². The third kappa shape index (κ3) is 81.7. The fourth-order valence-corrected chi connectivity index (χ4v) is 12.3. The summed E-state index contributed by atoms with van der Waals surface area (Å²) >= 11 is 0. The highest BCUT2D eigenvalue weighted by Gasteiger charge is 2.29. The molecule has 0 aliphatic carbocycles. The molecule has 0 bridgehead atoms. The molecule has 0 rings (SSSR count). The van der Waals surface area contributed by atoms with Crippen molar-refractivity contribution in [1.82, 2.24) is 0 Å². The van der Waals surface area contributed by atoms with E-state index in [1.54, 1.807) is 0 Å². The zero-order valence-electron chi connectivity index (χ0n) is 66.7. The first-order valence-electron chi connectivity index (χ1n) is 41.4. The molecule has 16 nitrogen and oxygen atoms in total. The van der Waals surface area contributed by atoms with E-state index < -0.39 is 91.5 Å². The summed E-state index contributed by atoms with van der Waals surface area (Å²) < 4.78 is 61.2. The van der Waals surface area contributed by atoms with E-state index in [-0.39, 0.29) is 19.3 Å². The van der Waals surface area contributed by atoms with E-state index in [1.165, 1.54) is 83.5 Å². The molecule has 0 aromatic rings. The highest BCUT2D eigenvalue weighted by Crippen LogP contribution is 2.45. The van der Waals surface area contributed by atoms with Gasteiger partial charge in [0.2, 0.25) is 0 Å². The average Bonchev–Trinajstić information content (AvgIpc) is 0.907. The van der Waals surface area contributed by atoms with Crippen molar-refractivity contribution in [3.63, 3.8) is 0 Å². The number of unbranched alkanes of at least 4 members (excludes halogenated alkanes) is 26. The minimum Gasteiger partial charge on any atom is -0.463 e. The van der Waals surface area contributed by atoms with Gasteiger partial charge in [0, 0.05) is 19.3 Å². The van der Waals surface area contributed by atoms with Crippen molar-refractivity contribution in [2.24, 2.45) is 0 Å². The van der Waals surface area contributed by atoms with Gasteiger partial charge >= 0.3 is 33.6 Å². The van der Waals surface area contributed by atoms with Crippen LogP contribution in [0.15, 0.2) is 170 Å². The van der Waals surface area contributed by atoms with E-state index in [0.717, 1.165) is 173 Å². The number of rotatable bonds is 77. The van der Waals surface area contributed by atoms with Gasteiger partial charge in [-0.25, -0.2) is 9.13 Å². The fraction of sp³-hybridized carbons (Fsp3) is 0.652. The van der Waals surface area contributed by atoms with E-state index in [2.05, 4.69) is 191 Å². The lowest BCUT2D eigenvalue weighted by Gasteiger charge is -2.21. The number of allylic oxidation sites excluding steroid dienone is 28. The molecule has 5 atom stereocenters. The molecule has 107 heavy (non-hydrogen) atoms. The second kappa shape index (κ2) is 80.4. The molecule has 0 aliphatic heterocycles. The molecule has 5 unspecified atom stereocenters. The second-order valence-corrected chi connectivity index (χ2v) is 30.1. The SMILES string of the molecule is CC/C=C\C/C=C\C/C=C\C/C=C\C/C=C\CCCCCCCCCCCCCCCC(=O)OCC(O)COP(=O)(O)OCC(O)COP(=O)(O)OCC(COC(=O)CCCCCCCCC/C=C\C/C=C\C/C=C\C/C=C\CCCCC)OC(=O)CCCCC/C=C\C/C=C\C/C=C\C/C=C\C/C=C\CC. The highest BCUT2D eigenvalue weighted by atomic mass is 31.2. The van der Waals surface area contributed by atoms with Gasteiger partial charge in [-0.1, -0.05) is 313 Å². The van der Waals surface area contributed by atoms with Gasteiger partial charge in [-0.05, 0) is 154 Å². The standard InChI is InChI=1S/C89H148O16P2/c1-4-7-10-13-16-19-22-25-28-31-34-36-38-39-40-41-42-43-45-47-49-51-54-57-60-63-66-69-72-75-87(92)99-78-84(90)79-101-106(95,96)102-80-85(91)81-103-107(97,98)104-83-86(105-89(94)77-74-71-68-65-62-59-56-53-48-33-30-27-24-21-18-15-12-9-6-3)82-100-88(93)76-73-70-67-64-61-58-55-52-50-46-44-37-35-32-29-26-23-20-17-14-11-8-5-2/h7,9-10,12,16-21,25-30,34-37,39-40,46,48,50,53,59,62,84-86,90-91H,4-6,8,11,13-15,22-24,31-33,38,41-45,47,49,51-52,54-58,60-61,63-83H2,1-3H3,(H,95,96)(H,97,98)/b10-7-,12-9-,19-16-,20-17-,21-18-,28-25-,29-26-,30-27-,36-34-,37-35-,40-39-,50-46-,53-48-,62-59-. The van der Waals surface area contributed by atoms with Crippen molar-refractivity contribution < 1.29 is 75.8 Å². The predicted molar refractivity (Wildman–Crippen MR) is 445 cm³/mol. The van der Waals surface area contributed by atoms with Crippen LogP contribution in [0, 0.1) is 0 Å². The van der Waals surface area contributed by atoms with Gasteiger partial charge in [0.25, 0.3) is 0 Å². The van der Waals surface area contributed by atoms with Crippen LogP contribution in [0.25, 0.3) is 0 Å². The molecule has 4 N–H and O–H groups in total. The number of carbonyl (C=O) groups is 3. The van der Waals surface area contributed by atoms with E-state index in [9.17, 15) is 43.5 Å². The van der Waals surface area contributed by atoms with Crippen LogP contribution < -0.4 is 0 Å². The molecule has 0 aromatic heterocycles. The molecule has 0 spiro atoms. The van der Waals surface area contributed by atoms with Crippen LogP contribution in [0.1, 0.15) is 316 Å². The summed E-state index contributed by atoms with van der Waals surface area (Å²) in [5, 5.41) is 20.7. The Balaban J connectivity index is 4.64. The normalized spacial score (nSPS) is 14.8. The first kappa shape index (κ1) is 102. The van der Waals surface area contributed by atoms with Gasteiger partial charge in [-0.2, -0.15) is 0 Å². The Morgan fingerprint density at radius 1 is 0.271 bits per heavy atom. The number of carbonyl (C=O) groups excluding carboxylic acids is 3. The zero-order valence-corrected chi connectivity index (χ0v) is 68.5. The van der Waals surface area contributed by atoms with Crippen LogP contribution in [0.3, 0.4) is 0 Å². The maximum atomic E-state index is 13.0. The number of esters is 3. The summed E-state index contributed by atoms with van der Waals surface area (Å²) in [7, 11) is -9.82. The van der Waals surface area contributed by atoms with Crippen LogP contribution in [0.5, 0.6) is 0 Å². The van der Waals surface area contributed by atoms with Gasteiger partial charge in [0.1, 0.15) is 25.4 Å². The van der Waals surface area contributed by atoms with E-state index in [4.69, 9.17) is 32.3 Å². The number of ether oxygens (including phenoxy) is 3. The first-order valence-corrected chi connectivity index (χ1v) is 44.4. The zero-order chi connectivity index (χ0) is 78.0. The molecule has 0 fully saturated rings. The van der Waals surface area contributed by atoms with E-state index >= 15 is 0 Å². The molecular weight excluding hydrogens is 1390 g/mol. The Bertz CT molecular complexity index is 2620. The van der Waals surface area contributed by atoms with Gasteiger partial charge in [-0.3, -0.25) is 32.5 Å². The van der Waals surface area contributed by atoms with Crippen LogP contribution in [0.2, 0.25) is 0 Å². The molecule has 0 saturated carbocycles. The summed E-state index contributed by atoms with van der Waals surface area (Å²) in [5.41, 5.74) is 0. The quantitative estimate of drug-likeness (QED) is 0.0146. The lowest BCUT2D eigenvalue weighted by molar-refractivity contribution is -0.161. The summed E-state index contributed by atoms with van der Waals surface area (Å²) in [4.78, 5) is 58.8. The smallest absolute Gasteiger partial charge is 0.463 e. The monoisotopic (exact) mass is 1540 g/mol. The van der Waals surface area contributed by atoms with Crippen LogP contribution in [0.4, 0.5) is 0 Å². The maximum absolute atomic E-state index is 13.0. The van der Waals surface area contributed by atoms with Gasteiger partial charge < -0.3 is 34.2 Å². The van der Waals surface area contributed by atoms with Crippen molar-refractivity contribution >= 4 is 33.6 Å². The molecule has 610 valence electrons. The largest absolute Gasteiger partial charge is 0.472 e. The average molecular weight is 1540 g/mol. The first-order chi connectivity index (χ1) is 52.2. The van der Waals surface area contributed by atoms with Gasteiger partial charge in [-0.15, -0.1) is 0 Å². The van der Waals surface area contributed by atoms with Crippen molar-refractivity contribution in [1.29, 1.82) is 0 Å².